The Morgan fingerprint density at radius 2 is 1.50 bits per heavy atom. The zero-order chi connectivity index (χ0) is 25.4. The summed E-state index contributed by atoms with van der Waals surface area (Å²) in [6, 6.07) is 14.0. The van der Waals surface area contributed by atoms with Gasteiger partial charge in [0, 0.05) is 52.1 Å². The van der Waals surface area contributed by atoms with Gasteiger partial charge in [-0.1, -0.05) is 30.7 Å². The fourth-order valence-electron chi connectivity index (χ4n) is 5.05. The Labute approximate surface area is 208 Å². The first kappa shape index (κ1) is 23.7. The van der Waals surface area contributed by atoms with E-state index in [1.165, 1.54) is 17.7 Å². The van der Waals surface area contributed by atoms with Crippen LogP contribution in [-0.2, 0) is 0 Å². The molecular weight excluding hydrogens is 456 g/mol. The van der Waals surface area contributed by atoms with Crippen molar-refractivity contribution >= 4 is 28.0 Å². The van der Waals surface area contributed by atoms with Gasteiger partial charge in [0.1, 0.15) is 22.7 Å². The van der Waals surface area contributed by atoms with E-state index in [9.17, 15) is 9.59 Å². The van der Waals surface area contributed by atoms with Gasteiger partial charge >= 0.3 is 11.3 Å². The minimum atomic E-state index is -0.392. The standard InChI is InChI=1S/C30H28O6/c1-18-9-11-30(2,12-10-21-14-19-5-7-28(31)35-25(19)16-24(21)33-3)23(13-18)22-15-20-6-8-29(32)36-26(20)17-27(22)34-4/h5-8,10,12-17,23H,9,11H2,1-4H3/b12-10+/t23-,30-/m0/s1. The SMILES string of the molecule is COc1cc2oc(=O)ccc2cc1/C=C/[C@]1(C)CCC(C)=C[C@H]1c1cc2ccc(=O)oc2cc1OC. The predicted octanol–water partition coefficient (Wildman–Crippen LogP) is 6.46. The fourth-order valence-corrected chi connectivity index (χ4v) is 5.05. The Balaban J connectivity index is 1.61. The lowest BCUT2D eigenvalue weighted by Gasteiger charge is -2.38. The van der Waals surface area contributed by atoms with Crippen molar-refractivity contribution in [2.75, 3.05) is 14.2 Å². The van der Waals surface area contributed by atoms with Crippen LogP contribution in [0, 0.1) is 5.41 Å². The van der Waals surface area contributed by atoms with Gasteiger partial charge in [-0.05, 0) is 49.4 Å². The summed E-state index contributed by atoms with van der Waals surface area (Å²) in [6.45, 7) is 4.40. The molecule has 4 aromatic rings. The monoisotopic (exact) mass is 484 g/mol. The molecular formula is C30H28O6. The molecule has 6 heteroatoms. The van der Waals surface area contributed by atoms with Crippen molar-refractivity contribution in [2.24, 2.45) is 5.41 Å². The summed E-state index contributed by atoms with van der Waals surface area (Å²) >= 11 is 0. The van der Waals surface area contributed by atoms with E-state index in [-0.39, 0.29) is 17.0 Å². The van der Waals surface area contributed by atoms with Gasteiger partial charge in [-0.25, -0.2) is 9.59 Å². The molecule has 0 aliphatic heterocycles. The van der Waals surface area contributed by atoms with E-state index in [4.69, 9.17) is 18.3 Å². The van der Waals surface area contributed by atoms with Gasteiger partial charge in [-0.2, -0.15) is 0 Å². The van der Waals surface area contributed by atoms with E-state index in [2.05, 4.69) is 38.1 Å². The summed E-state index contributed by atoms with van der Waals surface area (Å²) in [4.78, 5) is 23.4. The number of benzene rings is 2. The van der Waals surface area contributed by atoms with Crippen LogP contribution in [0.3, 0.4) is 0 Å². The van der Waals surface area contributed by atoms with Crippen LogP contribution in [0.1, 0.15) is 43.7 Å². The molecule has 1 aliphatic carbocycles. The molecule has 2 aromatic heterocycles. The quantitative estimate of drug-likeness (QED) is 0.239. The van der Waals surface area contributed by atoms with Gasteiger partial charge in [0.2, 0.25) is 0 Å². The molecule has 2 atom stereocenters. The number of hydrogen-bond donors (Lipinski definition) is 0. The molecule has 0 bridgehead atoms. The number of methoxy groups -OCH3 is 2. The van der Waals surface area contributed by atoms with Crippen molar-refractivity contribution in [3.05, 3.63) is 98.2 Å². The Morgan fingerprint density at radius 1 is 0.889 bits per heavy atom. The zero-order valence-corrected chi connectivity index (χ0v) is 20.8. The van der Waals surface area contributed by atoms with Gasteiger partial charge in [0.05, 0.1) is 14.2 Å². The minimum absolute atomic E-state index is 0.0400. The van der Waals surface area contributed by atoms with Crippen molar-refractivity contribution in [3.63, 3.8) is 0 Å². The van der Waals surface area contributed by atoms with E-state index in [0.717, 1.165) is 34.7 Å². The van der Waals surface area contributed by atoms with Gasteiger partial charge < -0.3 is 18.3 Å². The molecule has 0 saturated carbocycles. The molecule has 1 aliphatic rings. The van der Waals surface area contributed by atoms with E-state index < -0.39 is 5.63 Å². The maximum absolute atomic E-state index is 11.7. The molecule has 0 spiro atoms. The van der Waals surface area contributed by atoms with Crippen LogP contribution in [0.15, 0.2) is 84.7 Å². The Morgan fingerprint density at radius 3 is 2.14 bits per heavy atom. The molecule has 0 fully saturated rings. The summed E-state index contributed by atoms with van der Waals surface area (Å²) in [5, 5.41) is 1.68. The molecule has 2 heterocycles. The molecule has 0 N–H and O–H groups in total. The number of rotatable bonds is 5. The van der Waals surface area contributed by atoms with Gasteiger partial charge in [-0.15, -0.1) is 0 Å². The van der Waals surface area contributed by atoms with E-state index >= 15 is 0 Å². The number of ether oxygens (including phenoxy) is 2. The lowest BCUT2D eigenvalue weighted by molar-refractivity contribution is 0.322. The van der Waals surface area contributed by atoms with Crippen molar-refractivity contribution in [2.45, 2.75) is 32.6 Å². The molecule has 0 unspecified atom stereocenters. The van der Waals surface area contributed by atoms with Crippen molar-refractivity contribution in [3.8, 4) is 11.5 Å². The van der Waals surface area contributed by atoms with E-state index in [1.54, 1.807) is 38.5 Å². The Hall–Kier alpha value is -4.06. The van der Waals surface area contributed by atoms with Crippen LogP contribution in [0.5, 0.6) is 11.5 Å². The Bertz CT molecular complexity index is 1640. The van der Waals surface area contributed by atoms with Crippen molar-refractivity contribution in [1.29, 1.82) is 0 Å². The third-order valence-electron chi connectivity index (χ3n) is 7.14. The highest BCUT2D eigenvalue weighted by Crippen LogP contribution is 2.50. The molecule has 0 radical (unpaired) electrons. The lowest BCUT2D eigenvalue weighted by Crippen LogP contribution is -2.26. The van der Waals surface area contributed by atoms with Crippen LogP contribution in [0.4, 0.5) is 0 Å². The maximum atomic E-state index is 11.7. The first-order valence-corrected chi connectivity index (χ1v) is 11.9. The van der Waals surface area contributed by atoms with E-state index in [1.807, 2.05) is 6.07 Å². The summed E-state index contributed by atoms with van der Waals surface area (Å²) in [5.41, 5.74) is 3.26. The van der Waals surface area contributed by atoms with Gasteiger partial charge in [-0.3, -0.25) is 0 Å². The lowest BCUT2D eigenvalue weighted by atomic mass is 9.66. The number of allylic oxidation sites excluding steroid dienone is 3. The van der Waals surface area contributed by atoms with Gasteiger partial charge in [0.15, 0.2) is 0 Å². The molecule has 0 amide bonds. The van der Waals surface area contributed by atoms with Crippen molar-refractivity contribution in [1.82, 2.24) is 0 Å². The highest BCUT2D eigenvalue weighted by atomic mass is 16.5. The van der Waals surface area contributed by atoms with Crippen LogP contribution < -0.4 is 20.7 Å². The first-order valence-electron chi connectivity index (χ1n) is 11.9. The Kier molecular flexibility index (Phi) is 6.04. The predicted molar refractivity (Wildman–Crippen MR) is 141 cm³/mol. The number of fused-ring (bicyclic) bond motifs is 2. The maximum Gasteiger partial charge on any atom is 0.336 e. The third kappa shape index (κ3) is 4.35. The number of hydrogen-bond acceptors (Lipinski definition) is 6. The summed E-state index contributed by atoms with van der Waals surface area (Å²) in [6.07, 6.45) is 8.56. The molecule has 0 saturated heterocycles. The zero-order valence-electron chi connectivity index (χ0n) is 20.8. The van der Waals surface area contributed by atoms with E-state index in [0.29, 0.717) is 22.7 Å². The molecule has 184 valence electrons. The van der Waals surface area contributed by atoms with Crippen LogP contribution in [-0.4, -0.2) is 14.2 Å². The molecule has 6 nitrogen and oxygen atoms in total. The van der Waals surface area contributed by atoms with Gasteiger partial charge in [0.25, 0.3) is 0 Å². The third-order valence-corrected chi connectivity index (χ3v) is 7.14. The highest BCUT2D eigenvalue weighted by Gasteiger charge is 2.36. The summed E-state index contributed by atoms with van der Waals surface area (Å²) < 4.78 is 22.1. The van der Waals surface area contributed by atoms with Crippen LogP contribution in [0.2, 0.25) is 0 Å². The second-order valence-corrected chi connectivity index (χ2v) is 9.60. The molecule has 5 rings (SSSR count). The summed E-state index contributed by atoms with van der Waals surface area (Å²) in [5.74, 6) is 1.36. The highest BCUT2D eigenvalue weighted by molar-refractivity contribution is 5.83. The first-order chi connectivity index (χ1) is 17.3. The largest absolute Gasteiger partial charge is 0.496 e. The fraction of sp³-hybridized carbons (Fsp3) is 0.267. The minimum Gasteiger partial charge on any atom is -0.496 e. The topological polar surface area (TPSA) is 78.9 Å². The van der Waals surface area contributed by atoms with Crippen molar-refractivity contribution < 1.29 is 18.3 Å². The average molecular weight is 485 g/mol. The second kappa shape index (κ2) is 9.19. The second-order valence-electron chi connectivity index (χ2n) is 9.60. The smallest absolute Gasteiger partial charge is 0.336 e. The van der Waals surface area contributed by atoms with Crippen LogP contribution in [0.25, 0.3) is 28.0 Å². The van der Waals surface area contributed by atoms with Crippen LogP contribution >= 0.6 is 0 Å². The molecule has 36 heavy (non-hydrogen) atoms. The molecule has 2 aromatic carbocycles. The normalized spacial score (nSPS) is 20.1. The summed E-state index contributed by atoms with van der Waals surface area (Å²) in [7, 11) is 3.24. The average Bonchev–Trinajstić information content (AvgIpc) is 2.87.